The fourth-order valence-electron chi connectivity index (χ4n) is 5.76. The minimum atomic E-state index is -6.09. The second-order valence-electron chi connectivity index (χ2n) is 12.2. The Morgan fingerprint density at radius 1 is 0.439 bits per heavy atom. The van der Waals surface area contributed by atoms with E-state index in [0.29, 0.717) is 0 Å². The first-order chi connectivity index (χ1) is 27.1. The topological polar surface area (TPSA) is 66.4 Å². The molecule has 0 saturated carbocycles. The van der Waals surface area contributed by atoms with Crippen molar-refractivity contribution < 1.29 is 30.9 Å². The Kier molecular flexibility index (Phi) is 14.7. The lowest BCUT2D eigenvalue weighted by molar-refractivity contribution is -0.0517. The second kappa shape index (κ2) is 19.8. The molecule has 1 heterocycles. The number of halogens is 3. The largest absolute Gasteiger partial charge is 0.741 e. The molecule has 0 N–H and O–H groups in total. The van der Waals surface area contributed by atoms with Crippen LogP contribution in [0.1, 0.15) is 0 Å². The van der Waals surface area contributed by atoms with Crippen LogP contribution >= 0.6 is 11.3 Å². The number of ether oxygens (including phenoxy) is 1. The molecule has 288 valence electrons. The molecule has 0 radical (unpaired) electrons. The summed E-state index contributed by atoms with van der Waals surface area (Å²) in [5.41, 5.74) is 5.62. The maximum Gasteiger partial charge on any atom is 0.485 e. The molecule has 0 fully saturated rings. The molecular weight excluding hydrogens is 782 g/mol. The lowest BCUT2D eigenvalue weighted by Crippen LogP contribution is -2.21. The van der Waals surface area contributed by atoms with Crippen molar-refractivity contribution in [3.05, 3.63) is 206 Å². The number of benzene rings is 7. The maximum absolute atomic E-state index is 10.7. The quantitative estimate of drug-likeness (QED) is 0.0913. The van der Waals surface area contributed by atoms with E-state index in [9.17, 15) is 13.2 Å². The van der Waals surface area contributed by atoms with Gasteiger partial charge in [0.25, 0.3) is 0 Å². The molecule has 8 aromatic rings. The van der Waals surface area contributed by atoms with Crippen molar-refractivity contribution in [2.24, 2.45) is 0 Å². The molecule has 0 aliphatic heterocycles. The van der Waals surface area contributed by atoms with Crippen molar-refractivity contribution >= 4 is 35.0 Å². The van der Waals surface area contributed by atoms with Crippen molar-refractivity contribution in [3.63, 3.8) is 0 Å². The molecule has 0 aliphatic rings. The molecule has 4 nitrogen and oxygen atoms in total. The smallest absolute Gasteiger partial charge is 0.485 e. The van der Waals surface area contributed by atoms with E-state index in [1.165, 1.54) is 54.9 Å². The minimum Gasteiger partial charge on any atom is -0.741 e. The van der Waals surface area contributed by atoms with Crippen LogP contribution in [0.4, 0.5) is 13.2 Å². The average Bonchev–Trinajstić information content (AvgIpc) is 3.73. The van der Waals surface area contributed by atoms with Gasteiger partial charge >= 0.3 is 5.51 Å². The Morgan fingerprint density at radius 2 is 0.772 bits per heavy atom. The first kappa shape index (κ1) is 42.2. The second-order valence-corrected chi connectivity index (χ2v) is 14.5. The van der Waals surface area contributed by atoms with Gasteiger partial charge in [0.2, 0.25) is 0 Å². The predicted octanol–water partition coefficient (Wildman–Crippen LogP) is 12.8. The Morgan fingerprint density at radius 3 is 1.21 bits per heavy atom. The number of rotatable bonds is 7. The Balaban J connectivity index is 0.000000181. The number of thiophene rings is 1. The van der Waals surface area contributed by atoms with E-state index in [0.717, 1.165) is 11.5 Å². The monoisotopic (exact) mass is 818 g/mol. The third-order valence-electron chi connectivity index (χ3n) is 8.42. The van der Waals surface area contributed by atoms with Crippen molar-refractivity contribution in [3.8, 4) is 66.4 Å². The standard InChI is InChI=1S/C24H18O.C22H16S.CHF3O3S.H2S/c1-3-9-19(10-4-1)23-13-7-8-14-24(23)20-15-17-22(18-16-20)25-21-11-5-2-6-12-21;1-3-9-17(10-4-1)19-15-22(23-16-19)21-14-8-7-13-20(21)18-11-5-2-6-12-18;2-1(3,4)8(5,6)7;/h1-18H;1-16H;(H,5,6,7);1H2. The van der Waals surface area contributed by atoms with Gasteiger partial charge in [0.05, 0.1) is 0 Å². The molecule has 0 unspecified atom stereocenters. The van der Waals surface area contributed by atoms with E-state index in [1.807, 2.05) is 48.5 Å². The molecule has 7 aromatic carbocycles. The highest BCUT2D eigenvalue weighted by molar-refractivity contribution is 7.86. The molecule has 0 aliphatic carbocycles. The molecule has 0 saturated heterocycles. The van der Waals surface area contributed by atoms with E-state index in [2.05, 4.69) is 157 Å². The minimum absolute atomic E-state index is 0. The van der Waals surface area contributed by atoms with Crippen molar-refractivity contribution in [1.82, 2.24) is 0 Å². The first-order valence-electron chi connectivity index (χ1n) is 17.4. The average molecular weight is 819 g/mol. The normalized spacial score (nSPS) is 10.8. The summed E-state index contributed by atoms with van der Waals surface area (Å²) in [4.78, 5) is 1.31. The first-order valence-corrected chi connectivity index (χ1v) is 19.6. The summed E-state index contributed by atoms with van der Waals surface area (Å²) in [7, 11) is -6.09. The molecule has 57 heavy (non-hydrogen) atoms. The fraction of sp³-hybridized carbons (Fsp3) is 0.0213. The molecule has 10 heteroatoms. The van der Waals surface area contributed by atoms with Crippen molar-refractivity contribution in [1.29, 1.82) is 0 Å². The number of hydrogen-bond acceptors (Lipinski definition) is 5. The van der Waals surface area contributed by atoms with Gasteiger partial charge in [-0.05, 0) is 85.8 Å². The third kappa shape index (κ3) is 11.6. The van der Waals surface area contributed by atoms with E-state index in [1.54, 1.807) is 11.3 Å². The zero-order valence-electron chi connectivity index (χ0n) is 30.3. The molecule has 0 atom stereocenters. The Hall–Kier alpha value is -5.91. The molecule has 8 rings (SSSR count). The van der Waals surface area contributed by atoms with Gasteiger partial charge in [-0.25, -0.2) is 8.42 Å². The van der Waals surface area contributed by atoms with Gasteiger partial charge < -0.3 is 9.29 Å². The van der Waals surface area contributed by atoms with Crippen LogP contribution in [0.25, 0.3) is 54.9 Å². The summed E-state index contributed by atoms with van der Waals surface area (Å²) in [5, 5.41) is 2.24. The summed E-state index contributed by atoms with van der Waals surface area (Å²) >= 11 is 1.81. The van der Waals surface area contributed by atoms with E-state index >= 15 is 0 Å². The Bertz CT molecular complexity index is 2550. The zero-order chi connectivity index (χ0) is 39.4. The molecule has 0 bridgehead atoms. The van der Waals surface area contributed by atoms with E-state index in [4.69, 9.17) is 17.7 Å². The van der Waals surface area contributed by atoms with Crippen LogP contribution in [0.3, 0.4) is 0 Å². The van der Waals surface area contributed by atoms with Crippen LogP contribution in [-0.2, 0) is 23.6 Å². The van der Waals surface area contributed by atoms with Gasteiger partial charge in [-0.2, -0.15) is 13.2 Å². The highest BCUT2D eigenvalue weighted by atomic mass is 32.2. The number of alkyl halides is 3. The fourth-order valence-corrected chi connectivity index (χ4v) is 6.72. The van der Waals surface area contributed by atoms with Crippen LogP contribution in [0.15, 0.2) is 206 Å². The summed E-state index contributed by atoms with van der Waals surface area (Å²) < 4.78 is 64.8. The highest BCUT2D eigenvalue weighted by Gasteiger charge is 2.37. The maximum atomic E-state index is 10.7. The van der Waals surface area contributed by atoms with Crippen molar-refractivity contribution in [2.75, 3.05) is 0 Å². The molecule has 0 amide bonds. The van der Waals surface area contributed by atoms with Gasteiger partial charge in [0.1, 0.15) is 11.5 Å². The molecular formula is C47H37F3O4S3. The van der Waals surface area contributed by atoms with Crippen LogP contribution < -0.4 is 4.74 Å². The van der Waals surface area contributed by atoms with Gasteiger partial charge in [-0.3, -0.25) is 0 Å². The summed E-state index contributed by atoms with van der Waals surface area (Å²) in [6.45, 7) is 0. The lowest BCUT2D eigenvalue weighted by Gasteiger charge is -2.11. The number of hydrogen-bond donors (Lipinski definition) is 0. The van der Waals surface area contributed by atoms with Crippen molar-refractivity contribution in [2.45, 2.75) is 5.51 Å². The molecule has 1 aromatic heterocycles. The summed E-state index contributed by atoms with van der Waals surface area (Å²) in [6, 6.07) is 69.1. The lowest BCUT2D eigenvalue weighted by atomic mass is 9.95. The number of para-hydroxylation sites is 1. The Labute approximate surface area is 341 Å². The van der Waals surface area contributed by atoms with E-state index in [-0.39, 0.29) is 13.5 Å². The van der Waals surface area contributed by atoms with Crippen LogP contribution in [0.2, 0.25) is 0 Å². The summed E-state index contributed by atoms with van der Waals surface area (Å²) in [5.74, 6) is 1.69. The van der Waals surface area contributed by atoms with Gasteiger partial charge in [-0.1, -0.05) is 183 Å². The van der Waals surface area contributed by atoms with Gasteiger partial charge in [0, 0.05) is 4.88 Å². The third-order valence-corrected chi connectivity index (χ3v) is 9.95. The van der Waals surface area contributed by atoms with E-state index < -0.39 is 15.6 Å². The zero-order valence-corrected chi connectivity index (χ0v) is 33.1. The summed E-state index contributed by atoms with van der Waals surface area (Å²) in [6.07, 6.45) is 0. The molecule has 0 spiro atoms. The van der Waals surface area contributed by atoms with Crippen LogP contribution in [-0.4, -0.2) is 18.5 Å². The van der Waals surface area contributed by atoms with Gasteiger partial charge in [0.15, 0.2) is 10.1 Å². The highest BCUT2D eigenvalue weighted by Crippen LogP contribution is 2.38. The van der Waals surface area contributed by atoms with Crippen LogP contribution in [0, 0.1) is 0 Å². The van der Waals surface area contributed by atoms with Gasteiger partial charge in [-0.15, -0.1) is 11.3 Å². The SMILES string of the molecule is O=S(=O)([O-])C(F)(F)F.[SH3+].c1ccc(-c2csc(-c3ccccc3-c3ccccc3)c2)cc1.c1ccc(Oc2ccc(-c3ccccc3-c3ccccc3)cc2)cc1. The predicted molar refractivity (Wildman–Crippen MR) is 232 cm³/mol. The van der Waals surface area contributed by atoms with Crippen LogP contribution in [0.5, 0.6) is 11.5 Å².